The van der Waals surface area contributed by atoms with Gasteiger partial charge in [0, 0.05) is 0 Å². The molecule has 1 N–H and O–H groups in total. The highest BCUT2D eigenvalue weighted by molar-refractivity contribution is 5.99. The van der Waals surface area contributed by atoms with Crippen LogP contribution in [0.3, 0.4) is 0 Å². The molecule has 2 aromatic carbocycles. The molecule has 0 aliphatic carbocycles. The second-order valence-electron chi connectivity index (χ2n) is 5.48. The van der Waals surface area contributed by atoms with Crippen molar-refractivity contribution in [3.63, 3.8) is 0 Å². The van der Waals surface area contributed by atoms with E-state index >= 15 is 0 Å². The van der Waals surface area contributed by atoms with Gasteiger partial charge in [0.25, 0.3) is 5.91 Å². The van der Waals surface area contributed by atoms with Crippen LogP contribution in [0.1, 0.15) is 18.3 Å². The number of ether oxygens (including phenoxy) is 1. The Morgan fingerprint density at radius 3 is 2.60 bits per heavy atom. The molecule has 0 radical (unpaired) electrons. The van der Waals surface area contributed by atoms with Crippen molar-refractivity contribution < 1.29 is 9.53 Å². The Morgan fingerprint density at radius 2 is 1.80 bits per heavy atom. The van der Waals surface area contributed by atoms with Crippen LogP contribution in [0.4, 0.5) is 0 Å². The third kappa shape index (κ3) is 4.17. The molecule has 126 valence electrons. The predicted octanol–water partition coefficient (Wildman–Crippen LogP) is 2.86. The smallest absolute Gasteiger partial charge is 0.278 e. The number of rotatable bonds is 5. The lowest BCUT2D eigenvalue weighted by Crippen LogP contribution is -2.26. The fraction of sp³-hybridized carbons (Fsp3) is 0.158. The molecule has 0 aliphatic rings. The second-order valence-corrected chi connectivity index (χ2v) is 5.48. The van der Waals surface area contributed by atoms with Gasteiger partial charge in [-0.3, -0.25) is 4.79 Å². The Labute approximate surface area is 145 Å². The van der Waals surface area contributed by atoms with Crippen molar-refractivity contribution in [1.82, 2.24) is 15.4 Å². The van der Waals surface area contributed by atoms with Gasteiger partial charge >= 0.3 is 0 Å². The highest BCUT2D eigenvalue weighted by Crippen LogP contribution is 2.21. The van der Waals surface area contributed by atoms with Crippen LogP contribution in [0.25, 0.3) is 10.9 Å². The van der Waals surface area contributed by atoms with Crippen LogP contribution >= 0.6 is 0 Å². The van der Waals surface area contributed by atoms with E-state index in [4.69, 9.17) is 4.74 Å². The first-order valence-corrected chi connectivity index (χ1v) is 7.88. The summed E-state index contributed by atoms with van der Waals surface area (Å²) in [4.78, 5) is 20.6. The molecule has 3 rings (SSSR count). The monoisotopic (exact) mass is 334 g/mol. The van der Waals surface area contributed by atoms with E-state index in [0.29, 0.717) is 11.7 Å². The molecule has 0 fully saturated rings. The van der Waals surface area contributed by atoms with Gasteiger partial charge in [0.2, 0.25) is 5.88 Å². The first-order valence-electron chi connectivity index (χ1n) is 7.88. The van der Waals surface area contributed by atoms with Crippen LogP contribution < -0.4 is 10.2 Å². The van der Waals surface area contributed by atoms with Crippen molar-refractivity contribution in [1.29, 1.82) is 0 Å². The number of para-hydroxylation sites is 1. The number of benzene rings is 2. The maximum atomic E-state index is 12.0. The number of carbonyl (C=O) groups is 1. The molecule has 0 saturated heterocycles. The van der Waals surface area contributed by atoms with E-state index in [1.165, 1.54) is 0 Å². The Morgan fingerprint density at radius 1 is 1.08 bits per heavy atom. The van der Waals surface area contributed by atoms with Gasteiger partial charge < -0.3 is 4.74 Å². The molecular formula is C19H18N4O2. The molecule has 0 spiro atoms. The molecule has 1 aromatic heterocycles. The summed E-state index contributed by atoms with van der Waals surface area (Å²) in [5, 5.41) is 4.86. The van der Waals surface area contributed by atoms with Crippen LogP contribution in [0.5, 0.6) is 5.88 Å². The Bertz CT molecular complexity index is 923. The summed E-state index contributed by atoms with van der Waals surface area (Å²) in [6.07, 6.45) is 0. The van der Waals surface area contributed by atoms with Crippen LogP contribution in [-0.2, 0) is 4.79 Å². The van der Waals surface area contributed by atoms with Gasteiger partial charge in [-0.15, -0.1) is 0 Å². The molecule has 0 aliphatic heterocycles. The van der Waals surface area contributed by atoms with E-state index in [1.807, 2.05) is 61.5 Å². The minimum Gasteiger partial charge on any atom is -0.467 e. The van der Waals surface area contributed by atoms with E-state index in [9.17, 15) is 4.79 Å². The fourth-order valence-corrected chi connectivity index (χ4v) is 2.32. The Hall–Kier alpha value is -3.28. The molecule has 0 atom stereocenters. The number of fused-ring (bicyclic) bond motifs is 1. The fourth-order valence-electron chi connectivity index (χ4n) is 2.32. The number of nitrogens with one attached hydrogen (secondary N) is 1. The summed E-state index contributed by atoms with van der Waals surface area (Å²) in [5.74, 6) is 0.629. The van der Waals surface area contributed by atoms with Gasteiger partial charge in [0.1, 0.15) is 5.82 Å². The molecule has 6 nitrogen and oxygen atoms in total. The predicted molar refractivity (Wildman–Crippen MR) is 96.6 cm³/mol. The van der Waals surface area contributed by atoms with Crippen LogP contribution in [0.2, 0.25) is 0 Å². The maximum Gasteiger partial charge on any atom is 0.278 e. The highest BCUT2D eigenvalue weighted by atomic mass is 16.5. The zero-order chi connectivity index (χ0) is 17.6. The number of nitrogens with zero attached hydrogens (tertiary/aromatic N) is 3. The summed E-state index contributed by atoms with van der Waals surface area (Å²) < 4.78 is 5.57. The molecule has 1 amide bonds. The van der Waals surface area contributed by atoms with Gasteiger partial charge in [0.05, 0.1) is 16.6 Å². The topological polar surface area (TPSA) is 76.5 Å². The first kappa shape index (κ1) is 16.6. The van der Waals surface area contributed by atoms with E-state index in [0.717, 1.165) is 22.2 Å². The number of hydrazone groups is 1. The summed E-state index contributed by atoms with van der Waals surface area (Å²) in [6.45, 7) is 3.44. The van der Waals surface area contributed by atoms with Crippen molar-refractivity contribution in [2.75, 3.05) is 6.61 Å². The number of hydrogen-bond donors (Lipinski definition) is 1. The number of carbonyl (C=O) groups excluding carboxylic acids is 1. The molecule has 0 unspecified atom stereocenters. The van der Waals surface area contributed by atoms with Crippen molar-refractivity contribution in [2.24, 2.45) is 5.10 Å². The van der Waals surface area contributed by atoms with Gasteiger partial charge in [-0.2, -0.15) is 10.1 Å². The molecule has 25 heavy (non-hydrogen) atoms. The summed E-state index contributed by atoms with van der Waals surface area (Å²) in [5.41, 5.74) is 4.94. The highest BCUT2D eigenvalue weighted by Gasteiger charge is 2.09. The molecular weight excluding hydrogens is 316 g/mol. The largest absolute Gasteiger partial charge is 0.467 e. The summed E-state index contributed by atoms with van der Waals surface area (Å²) >= 11 is 0. The molecule has 0 saturated carbocycles. The number of aromatic nitrogens is 2. The Kier molecular flexibility index (Phi) is 4.99. The molecule has 3 aromatic rings. The molecule has 6 heteroatoms. The Balaban J connectivity index is 1.65. The standard InChI is InChI=1S/C19H18N4O2/c1-13(15-8-4-3-5-9-15)22-23-18(24)12-25-19-16-10-6-7-11-17(16)20-14(2)21-19/h3-11H,12H2,1-2H3,(H,23,24). The number of aryl methyl sites for hydroxylation is 1. The van der Waals surface area contributed by atoms with Crippen molar-refractivity contribution in [2.45, 2.75) is 13.8 Å². The van der Waals surface area contributed by atoms with Gasteiger partial charge in [-0.25, -0.2) is 10.4 Å². The zero-order valence-corrected chi connectivity index (χ0v) is 14.1. The average Bonchev–Trinajstić information content (AvgIpc) is 2.64. The van der Waals surface area contributed by atoms with Gasteiger partial charge in [-0.05, 0) is 31.5 Å². The second kappa shape index (κ2) is 7.53. The van der Waals surface area contributed by atoms with E-state index in [-0.39, 0.29) is 12.5 Å². The lowest BCUT2D eigenvalue weighted by atomic mass is 10.1. The first-order chi connectivity index (χ1) is 12.1. The quantitative estimate of drug-likeness (QED) is 0.575. The SMILES string of the molecule is CC(=NNC(=O)COc1nc(C)nc2ccccc12)c1ccccc1. The summed E-state index contributed by atoms with van der Waals surface area (Å²) in [6, 6.07) is 17.1. The van der Waals surface area contributed by atoms with E-state index in [2.05, 4.69) is 20.5 Å². The van der Waals surface area contributed by atoms with E-state index < -0.39 is 0 Å². The summed E-state index contributed by atoms with van der Waals surface area (Å²) in [7, 11) is 0. The third-order valence-electron chi connectivity index (χ3n) is 3.56. The lowest BCUT2D eigenvalue weighted by Gasteiger charge is -2.08. The van der Waals surface area contributed by atoms with Crippen LogP contribution in [0.15, 0.2) is 59.7 Å². The van der Waals surface area contributed by atoms with Crippen molar-refractivity contribution in [3.8, 4) is 5.88 Å². The zero-order valence-electron chi connectivity index (χ0n) is 14.1. The van der Waals surface area contributed by atoms with E-state index in [1.54, 1.807) is 6.92 Å². The average molecular weight is 334 g/mol. The number of amides is 1. The van der Waals surface area contributed by atoms with Crippen molar-refractivity contribution >= 4 is 22.5 Å². The minimum absolute atomic E-state index is 0.175. The molecule has 1 heterocycles. The van der Waals surface area contributed by atoms with Gasteiger partial charge in [0.15, 0.2) is 6.61 Å². The molecule has 0 bridgehead atoms. The maximum absolute atomic E-state index is 12.0. The number of hydrogen-bond acceptors (Lipinski definition) is 5. The minimum atomic E-state index is -0.351. The lowest BCUT2D eigenvalue weighted by molar-refractivity contribution is -0.123. The van der Waals surface area contributed by atoms with Crippen LogP contribution in [-0.4, -0.2) is 28.2 Å². The van der Waals surface area contributed by atoms with Crippen LogP contribution in [0, 0.1) is 6.92 Å². The van der Waals surface area contributed by atoms with Crippen molar-refractivity contribution in [3.05, 3.63) is 66.0 Å². The third-order valence-corrected chi connectivity index (χ3v) is 3.56. The van der Waals surface area contributed by atoms with Gasteiger partial charge in [-0.1, -0.05) is 42.5 Å². The normalized spacial score (nSPS) is 11.4.